The molecule has 21 heavy (non-hydrogen) atoms. The van der Waals surface area contributed by atoms with Crippen LogP contribution in [0.15, 0.2) is 24.3 Å². The van der Waals surface area contributed by atoms with E-state index in [9.17, 15) is 9.90 Å². The second kappa shape index (κ2) is 5.98. The highest BCUT2D eigenvalue weighted by Crippen LogP contribution is 2.18. The molecule has 1 amide bonds. The number of hydrogen-bond acceptors (Lipinski definition) is 6. The van der Waals surface area contributed by atoms with Gasteiger partial charge in [-0.1, -0.05) is 12.1 Å². The Kier molecular flexibility index (Phi) is 3.89. The molecule has 8 nitrogen and oxygen atoms in total. The maximum Gasteiger partial charge on any atom is 0.254 e. The lowest BCUT2D eigenvalue weighted by atomic mass is 10.1. The van der Waals surface area contributed by atoms with E-state index in [-0.39, 0.29) is 18.6 Å². The summed E-state index contributed by atoms with van der Waals surface area (Å²) in [5.41, 5.74) is 1.24. The third-order valence-corrected chi connectivity index (χ3v) is 3.41. The van der Waals surface area contributed by atoms with Gasteiger partial charge in [-0.25, -0.2) is 0 Å². The largest absolute Gasteiger partial charge is 0.394 e. The van der Waals surface area contributed by atoms with E-state index >= 15 is 0 Å². The fourth-order valence-electron chi connectivity index (χ4n) is 2.31. The molecule has 2 aromatic rings. The first-order valence-corrected chi connectivity index (χ1v) is 6.63. The number of aliphatic hydroxyl groups is 1. The number of carbonyl (C=O) groups is 1. The minimum atomic E-state index is -0.305. The van der Waals surface area contributed by atoms with Crippen LogP contribution in [0, 0.1) is 0 Å². The minimum absolute atomic E-state index is 0.115. The lowest BCUT2D eigenvalue weighted by Gasteiger charge is -2.34. The SMILES string of the molecule is O=C(c1cccc(-c2nn[nH]n2)c1)N1CCOCC1CO. The molecule has 1 aromatic carbocycles. The highest BCUT2D eigenvalue weighted by Gasteiger charge is 2.27. The second-order valence-electron chi connectivity index (χ2n) is 4.73. The Morgan fingerprint density at radius 1 is 1.52 bits per heavy atom. The van der Waals surface area contributed by atoms with Crippen LogP contribution in [0.1, 0.15) is 10.4 Å². The Morgan fingerprint density at radius 3 is 3.19 bits per heavy atom. The van der Waals surface area contributed by atoms with Crippen LogP contribution in [-0.2, 0) is 4.74 Å². The molecule has 1 aromatic heterocycles. The van der Waals surface area contributed by atoms with Gasteiger partial charge in [-0.3, -0.25) is 4.79 Å². The quantitative estimate of drug-likeness (QED) is 0.804. The zero-order chi connectivity index (χ0) is 14.7. The Balaban J connectivity index is 1.86. The number of aromatic nitrogens is 4. The van der Waals surface area contributed by atoms with Crippen LogP contribution in [0.5, 0.6) is 0 Å². The molecule has 1 saturated heterocycles. The molecule has 110 valence electrons. The smallest absolute Gasteiger partial charge is 0.254 e. The van der Waals surface area contributed by atoms with Gasteiger partial charge in [-0.15, -0.1) is 10.2 Å². The molecular weight excluding hydrogens is 274 g/mol. The van der Waals surface area contributed by atoms with Crippen LogP contribution in [-0.4, -0.2) is 68.9 Å². The number of H-pyrrole nitrogens is 1. The Hall–Kier alpha value is -2.32. The molecular formula is C13H15N5O3. The molecule has 1 aliphatic rings. The number of morpholine rings is 1. The topological polar surface area (TPSA) is 104 Å². The number of aromatic amines is 1. The molecule has 2 N–H and O–H groups in total. The minimum Gasteiger partial charge on any atom is -0.394 e. The molecule has 1 atom stereocenters. The molecule has 8 heteroatoms. The van der Waals surface area contributed by atoms with Gasteiger partial charge in [0.15, 0.2) is 0 Å². The van der Waals surface area contributed by atoms with Gasteiger partial charge in [0, 0.05) is 17.7 Å². The van der Waals surface area contributed by atoms with Crippen LogP contribution in [0.3, 0.4) is 0 Å². The fourth-order valence-corrected chi connectivity index (χ4v) is 2.31. The number of nitrogens with one attached hydrogen (secondary N) is 1. The normalized spacial score (nSPS) is 18.7. The number of carbonyl (C=O) groups excluding carboxylic acids is 1. The lowest BCUT2D eigenvalue weighted by molar-refractivity contribution is -0.0183. The first-order valence-electron chi connectivity index (χ1n) is 6.63. The summed E-state index contributed by atoms with van der Waals surface area (Å²) in [6.45, 7) is 1.19. The summed E-state index contributed by atoms with van der Waals surface area (Å²) < 4.78 is 5.29. The van der Waals surface area contributed by atoms with E-state index in [0.29, 0.717) is 36.7 Å². The van der Waals surface area contributed by atoms with Crippen molar-refractivity contribution in [2.45, 2.75) is 6.04 Å². The van der Waals surface area contributed by atoms with Crippen molar-refractivity contribution in [1.29, 1.82) is 0 Å². The number of nitrogens with zero attached hydrogens (tertiary/aromatic N) is 4. The maximum atomic E-state index is 12.6. The van der Waals surface area contributed by atoms with E-state index in [1.54, 1.807) is 23.1 Å². The standard InChI is InChI=1S/C13H15N5O3/c19-7-11-8-21-5-4-18(11)13(20)10-3-1-2-9(6-10)12-14-16-17-15-12/h1-3,6,11,19H,4-5,7-8H2,(H,14,15,16,17). The number of aliphatic hydroxyl groups excluding tert-OH is 1. The summed E-state index contributed by atoms with van der Waals surface area (Å²) in [6, 6.07) is 6.73. The van der Waals surface area contributed by atoms with Crippen LogP contribution in [0.4, 0.5) is 0 Å². The van der Waals surface area contributed by atoms with E-state index < -0.39 is 0 Å². The van der Waals surface area contributed by atoms with Gasteiger partial charge >= 0.3 is 0 Å². The van der Waals surface area contributed by atoms with Gasteiger partial charge in [-0.2, -0.15) is 5.21 Å². The average molecular weight is 289 g/mol. The van der Waals surface area contributed by atoms with Gasteiger partial charge in [0.2, 0.25) is 5.82 Å². The number of tetrazole rings is 1. The van der Waals surface area contributed by atoms with Crippen molar-refractivity contribution in [2.75, 3.05) is 26.4 Å². The zero-order valence-corrected chi connectivity index (χ0v) is 11.3. The van der Waals surface area contributed by atoms with E-state index in [0.717, 1.165) is 0 Å². The third-order valence-electron chi connectivity index (χ3n) is 3.41. The van der Waals surface area contributed by atoms with Crippen LogP contribution < -0.4 is 0 Å². The molecule has 1 unspecified atom stereocenters. The molecule has 1 fully saturated rings. The summed E-state index contributed by atoms with van der Waals surface area (Å²) in [5.74, 6) is 0.299. The van der Waals surface area contributed by atoms with Gasteiger partial charge in [0.25, 0.3) is 5.91 Å². The van der Waals surface area contributed by atoms with Gasteiger partial charge in [-0.05, 0) is 17.3 Å². The van der Waals surface area contributed by atoms with Crippen molar-refractivity contribution in [3.05, 3.63) is 29.8 Å². The van der Waals surface area contributed by atoms with Gasteiger partial charge in [0.05, 0.1) is 25.9 Å². The highest BCUT2D eigenvalue weighted by molar-refractivity contribution is 5.95. The van der Waals surface area contributed by atoms with Gasteiger partial charge < -0.3 is 14.7 Å². The van der Waals surface area contributed by atoms with Crippen molar-refractivity contribution in [3.8, 4) is 11.4 Å². The van der Waals surface area contributed by atoms with Crippen molar-refractivity contribution in [3.63, 3.8) is 0 Å². The zero-order valence-electron chi connectivity index (χ0n) is 11.3. The average Bonchev–Trinajstić information content (AvgIpc) is 3.09. The first kappa shape index (κ1) is 13.7. The van der Waals surface area contributed by atoms with Crippen molar-refractivity contribution >= 4 is 5.91 Å². The predicted octanol–water partition coefficient (Wildman–Crippen LogP) is -0.300. The Morgan fingerprint density at radius 2 is 2.43 bits per heavy atom. The van der Waals surface area contributed by atoms with Crippen LogP contribution in [0.2, 0.25) is 0 Å². The van der Waals surface area contributed by atoms with E-state index in [1.165, 1.54) is 0 Å². The van der Waals surface area contributed by atoms with Crippen molar-refractivity contribution in [2.24, 2.45) is 0 Å². The van der Waals surface area contributed by atoms with Crippen LogP contribution >= 0.6 is 0 Å². The molecule has 0 saturated carbocycles. The predicted molar refractivity (Wildman–Crippen MR) is 72.3 cm³/mol. The summed E-state index contributed by atoms with van der Waals surface area (Å²) in [5, 5.41) is 23.0. The van der Waals surface area contributed by atoms with E-state index in [2.05, 4.69) is 20.6 Å². The number of rotatable bonds is 3. The Labute approximate surface area is 120 Å². The summed E-state index contributed by atoms with van der Waals surface area (Å²) in [4.78, 5) is 14.2. The number of hydrogen-bond donors (Lipinski definition) is 2. The van der Waals surface area contributed by atoms with Gasteiger partial charge in [0.1, 0.15) is 0 Å². The summed E-state index contributed by atoms with van der Waals surface area (Å²) >= 11 is 0. The summed E-state index contributed by atoms with van der Waals surface area (Å²) in [6.07, 6.45) is 0. The lowest BCUT2D eigenvalue weighted by Crippen LogP contribution is -2.50. The van der Waals surface area contributed by atoms with E-state index in [1.807, 2.05) is 6.07 Å². The molecule has 1 aliphatic heterocycles. The second-order valence-corrected chi connectivity index (χ2v) is 4.73. The molecule has 0 aliphatic carbocycles. The highest BCUT2D eigenvalue weighted by atomic mass is 16.5. The molecule has 2 heterocycles. The van der Waals surface area contributed by atoms with Crippen LogP contribution in [0.25, 0.3) is 11.4 Å². The number of benzene rings is 1. The number of ether oxygens (including phenoxy) is 1. The summed E-state index contributed by atoms with van der Waals surface area (Å²) in [7, 11) is 0. The Bertz CT molecular complexity index is 616. The first-order chi connectivity index (χ1) is 10.3. The molecule has 3 rings (SSSR count). The molecule has 0 spiro atoms. The number of amides is 1. The third kappa shape index (κ3) is 2.76. The molecule has 0 radical (unpaired) electrons. The monoisotopic (exact) mass is 289 g/mol. The maximum absolute atomic E-state index is 12.6. The van der Waals surface area contributed by atoms with Crippen molar-refractivity contribution in [1.82, 2.24) is 25.5 Å². The van der Waals surface area contributed by atoms with E-state index in [4.69, 9.17) is 4.74 Å². The molecule has 0 bridgehead atoms. The van der Waals surface area contributed by atoms with Crippen molar-refractivity contribution < 1.29 is 14.6 Å². The fraction of sp³-hybridized carbons (Fsp3) is 0.385.